The molecule has 0 saturated heterocycles. The molecule has 0 bridgehead atoms. The normalized spacial score (nSPS) is 45.8. The van der Waals surface area contributed by atoms with E-state index in [0.29, 0.717) is 17.6 Å². The van der Waals surface area contributed by atoms with Gasteiger partial charge in [0.15, 0.2) is 0 Å². The number of hydrogen-bond acceptors (Lipinski definition) is 1. The minimum Gasteiger partial charge on any atom is -0.300 e. The van der Waals surface area contributed by atoms with Gasteiger partial charge in [0.1, 0.15) is 12.0 Å². The van der Waals surface area contributed by atoms with Crippen molar-refractivity contribution in [2.45, 2.75) is 62.5 Å². The fourth-order valence-corrected chi connectivity index (χ4v) is 4.88. The Hall–Kier alpha value is 0.330. The Balaban J connectivity index is 2.07. The number of carbonyl (C=O) groups excluding carboxylic acids is 1. The quantitative estimate of drug-likeness (QED) is 0.517. The molecule has 0 aromatic heterocycles. The van der Waals surface area contributed by atoms with Gasteiger partial charge >= 0.3 is 0 Å². The molecule has 2 rings (SSSR count). The molecular formula is C15H24FIO. The molecular weight excluding hydrogens is 342 g/mol. The van der Waals surface area contributed by atoms with E-state index in [9.17, 15) is 9.18 Å². The molecule has 0 heterocycles. The summed E-state index contributed by atoms with van der Waals surface area (Å²) >= 11 is 2.28. The Morgan fingerprint density at radius 2 is 1.89 bits per heavy atom. The largest absolute Gasteiger partial charge is 0.300 e. The van der Waals surface area contributed by atoms with E-state index in [4.69, 9.17) is 0 Å². The second kappa shape index (κ2) is 6.19. The predicted octanol–water partition coefficient (Wildman–Crippen LogP) is 4.57. The third-order valence-corrected chi connectivity index (χ3v) is 6.46. The van der Waals surface area contributed by atoms with Crippen LogP contribution in [0.1, 0.15) is 52.4 Å². The molecule has 18 heavy (non-hydrogen) atoms. The Labute approximate surface area is 123 Å². The van der Waals surface area contributed by atoms with Crippen molar-refractivity contribution in [1.82, 2.24) is 0 Å². The lowest BCUT2D eigenvalue weighted by atomic mass is 9.65. The highest BCUT2D eigenvalue weighted by Crippen LogP contribution is 2.45. The number of ketones is 1. The molecule has 1 nitrogen and oxygen atoms in total. The number of carbonyl (C=O) groups is 1. The Morgan fingerprint density at radius 1 is 1.17 bits per heavy atom. The molecule has 6 unspecified atom stereocenters. The molecule has 0 amide bonds. The van der Waals surface area contributed by atoms with Crippen molar-refractivity contribution in [2.75, 3.05) is 0 Å². The van der Waals surface area contributed by atoms with Crippen molar-refractivity contribution in [1.29, 1.82) is 0 Å². The van der Waals surface area contributed by atoms with E-state index in [2.05, 4.69) is 29.5 Å². The van der Waals surface area contributed by atoms with Crippen LogP contribution in [0.15, 0.2) is 0 Å². The van der Waals surface area contributed by atoms with Crippen LogP contribution in [-0.4, -0.2) is 15.9 Å². The van der Waals surface area contributed by atoms with Gasteiger partial charge in [-0.3, -0.25) is 4.79 Å². The van der Waals surface area contributed by atoms with E-state index in [1.165, 1.54) is 0 Å². The molecule has 2 aliphatic rings. The Kier molecular flexibility index (Phi) is 5.06. The van der Waals surface area contributed by atoms with Crippen LogP contribution < -0.4 is 0 Å². The average Bonchev–Trinajstić information content (AvgIpc) is 2.33. The Bertz CT molecular complexity index is 307. The van der Waals surface area contributed by atoms with Crippen LogP contribution in [0.5, 0.6) is 0 Å². The smallest absolute Gasteiger partial charge is 0.132 e. The Morgan fingerprint density at radius 3 is 2.56 bits per heavy atom. The average molecular weight is 366 g/mol. The van der Waals surface area contributed by atoms with Gasteiger partial charge in [0.25, 0.3) is 0 Å². The number of halogens is 2. The van der Waals surface area contributed by atoms with Crippen LogP contribution in [0.3, 0.4) is 0 Å². The zero-order chi connectivity index (χ0) is 13.3. The summed E-state index contributed by atoms with van der Waals surface area (Å²) in [7, 11) is 0. The molecule has 104 valence electrons. The van der Waals surface area contributed by atoms with Crippen LogP contribution >= 0.6 is 22.6 Å². The molecule has 0 spiro atoms. The third kappa shape index (κ3) is 3.07. The van der Waals surface area contributed by atoms with Crippen molar-refractivity contribution in [3.05, 3.63) is 0 Å². The zero-order valence-corrected chi connectivity index (χ0v) is 13.5. The van der Waals surface area contributed by atoms with Crippen molar-refractivity contribution in [3.8, 4) is 0 Å². The molecule has 0 aromatic carbocycles. The summed E-state index contributed by atoms with van der Waals surface area (Å²) < 4.78 is 14.6. The zero-order valence-electron chi connectivity index (χ0n) is 11.4. The van der Waals surface area contributed by atoms with Gasteiger partial charge < -0.3 is 0 Å². The first-order chi connectivity index (χ1) is 8.50. The fraction of sp³-hybridized carbons (Fsp3) is 0.933. The van der Waals surface area contributed by atoms with E-state index in [0.717, 1.165) is 38.5 Å². The van der Waals surface area contributed by atoms with Crippen molar-refractivity contribution >= 4 is 28.4 Å². The van der Waals surface area contributed by atoms with Gasteiger partial charge in [0, 0.05) is 9.84 Å². The fourth-order valence-electron chi connectivity index (χ4n) is 3.91. The van der Waals surface area contributed by atoms with Crippen LogP contribution in [0.4, 0.5) is 4.39 Å². The van der Waals surface area contributed by atoms with E-state index >= 15 is 0 Å². The van der Waals surface area contributed by atoms with Crippen LogP contribution in [-0.2, 0) is 4.79 Å². The van der Waals surface area contributed by atoms with Gasteiger partial charge in [-0.05, 0) is 56.8 Å². The summed E-state index contributed by atoms with van der Waals surface area (Å²) in [6.07, 6.45) is 5.61. The van der Waals surface area contributed by atoms with Gasteiger partial charge in [-0.15, -0.1) is 0 Å². The maximum atomic E-state index is 14.4. The summed E-state index contributed by atoms with van der Waals surface area (Å²) in [5.41, 5.74) is 0. The molecule has 3 heteroatoms. The topological polar surface area (TPSA) is 17.1 Å². The molecule has 2 saturated carbocycles. The minimum atomic E-state index is -0.655. The summed E-state index contributed by atoms with van der Waals surface area (Å²) in [5, 5.41) is 0. The van der Waals surface area contributed by atoms with Crippen molar-refractivity contribution < 1.29 is 9.18 Å². The highest BCUT2D eigenvalue weighted by molar-refractivity contribution is 14.1. The van der Waals surface area contributed by atoms with Gasteiger partial charge in [-0.1, -0.05) is 35.9 Å². The molecule has 0 radical (unpaired) electrons. The van der Waals surface area contributed by atoms with E-state index < -0.39 is 6.17 Å². The highest BCUT2D eigenvalue weighted by atomic mass is 127. The maximum absolute atomic E-state index is 14.4. The molecule has 0 aliphatic heterocycles. The van der Waals surface area contributed by atoms with Gasteiger partial charge in [0.2, 0.25) is 0 Å². The summed E-state index contributed by atoms with van der Waals surface area (Å²) in [6, 6.07) is 0. The predicted molar refractivity (Wildman–Crippen MR) is 80.7 cm³/mol. The highest BCUT2D eigenvalue weighted by Gasteiger charge is 2.42. The molecule has 2 aliphatic carbocycles. The molecule has 6 atom stereocenters. The lowest BCUT2D eigenvalue weighted by Crippen LogP contribution is -2.40. The number of alkyl halides is 2. The maximum Gasteiger partial charge on any atom is 0.132 e. The van der Waals surface area contributed by atoms with Crippen LogP contribution in [0.2, 0.25) is 0 Å². The standard InChI is InChI=1S/C15H24FIO/c1-9-6-7-11(10(2)18)8-13(9)12-4-3-5-14(17)15(12)16/h9,11-15H,3-8H2,1-2H3. The van der Waals surface area contributed by atoms with Crippen LogP contribution in [0, 0.1) is 23.7 Å². The molecule has 2 fully saturated rings. The minimum absolute atomic E-state index is 0.186. The van der Waals surface area contributed by atoms with E-state index in [-0.39, 0.29) is 15.8 Å². The first kappa shape index (κ1) is 14.7. The first-order valence-electron chi connectivity index (χ1n) is 7.29. The number of hydrogen-bond donors (Lipinski definition) is 0. The van der Waals surface area contributed by atoms with E-state index in [1.54, 1.807) is 6.92 Å². The number of Topliss-reactive ketones (excluding diaryl/α,β-unsaturated/α-hetero) is 1. The SMILES string of the molecule is CC(=O)C1CCC(C)C(C2CCCC(I)C2F)C1. The first-order valence-corrected chi connectivity index (χ1v) is 8.54. The van der Waals surface area contributed by atoms with Gasteiger partial charge in [-0.25, -0.2) is 4.39 Å². The number of rotatable bonds is 2. The second-order valence-electron chi connectivity index (χ2n) is 6.32. The van der Waals surface area contributed by atoms with Gasteiger partial charge in [-0.2, -0.15) is 0 Å². The molecule has 0 aromatic rings. The van der Waals surface area contributed by atoms with Crippen LogP contribution in [0.25, 0.3) is 0 Å². The lowest BCUT2D eigenvalue weighted by molar-refractivity contribution is -0.123. The molecule has 0 N–H and O–H groups in total. The lowest BCUT2D eigenvalue weighted by Gasteiger charge is -2.42. The van der Waals surface area contributed by atoms with Crippen molar-refractivity contribution in [2.24, 2.45) is 23.7 Å². The third-order valence-electron chi connectivity index (χ3n) is 5.15. The van der Waals surface area contributed by atoms with Gasteiger partial charge in [0.05, 0.1) is 0 Å². The summed E-state index contributed by atoms with van der Waals surface area (Å²) in [6.45, 7) is 3.96. The van der Waals surface area contributed by atoms with E-state index in [1.807, 2.05) is 0 Å². The second-order valence-corrected chi connectivity index (χ2v) is 7.92. The monoisotopic (exact) mass is 366 g/mol. The summed E-state index contributed by atoms with van der Waals surface area (Å²) in [4.78, 5) is 11.6. The summed E-state index contributed by atoms with van der Waals surface area (Å²) in [5.74, 6) is 1.74. The van der Waals surface area contributed by atoms with Crippen molar-refractivity contribution in [3.63, 3.8) is 0 Å².